The van der Waals surface area contributed by atoms with Crippen LogP contribution in [0.5, 0.6) is 0 Å². The summed E-state index contributed by atoms with van der Waals surface area (Å²) in [5, 5.41) is 0. The Hall–Kier alpha value is 0.0106. The Morgan fingerprint density at radius 2 is 1.46 bits per heavy atom. The third-order valence-corrected chi connectivity index (χ3v) is 13.1. The first-order valence-corrected chi connectivity index (χ1v) is 11.1. The van der Waals surface area contributed by atoms with E-state index in [-0.39, 0.29) is 0 Å². The number of hydrogen-bond donors (Lipinski definition) is 0. The average molecular weight is 232 g/mol. The summed E-state index contributed by atoms with van der Waals surface area (Å²) in [6, 6.07) is 0. The molecule has 1 heterocycles. The molecule has 1 saturated heterocycles. The van der Waals surface area contributed by atoms with Gasteiger partial charge in [-0.3, -0.25) is 0 Å². The predicted octanol–water partition coefficient (Wildman–Crippen LogP) is 1.49. The zero-order valence-electron chi connectivity index (χ0n) is 8.37. The van der Waals surface area contributed by atoms with Crippen LogP contribution in [-0.2, 0) is 12.3 Å². The molecule has 1 aliphatic rings. The van der Waals surface area contributed by atoms with E-state index in [0.29, 0.717) is 0 Å². The standard InChI is InChI=1S/C7H16O3Si3/c1-6-12(4)8-11(3)9-13(5,7-2)10-12/h6-7,11H,1-2H2,3-5H3. The lowest BCUT2D eigenvalue weighted by atomic mass is 11.3. The van der Waals surface area contributed by atoms with E-state index in [9.17, 15) is 0 Å². The fourth-order valence-corrected chi connectivity index (χ4v) is 13.1. The monoisotopic (exact) mass is 232 g/mol. The first kappa shape index (κ1) is 11.1. The molecule has 2 unspecified atom stereocenters. The van der Waals surface area contributed by atoms with Crippen LogP contribution in [0.25, 0.3) is 0 Å². The summed E-state index contributed by atoms with van der Waals surface area (Å²) in [4.78, 5) is 0. The number of rotatable bonds is 2. The molecule has 6 heteroatoms. The average Bonchev–Trinajstić information content (AvgIpc) is 2.02. The van der Waals surface area contributed by atoms with Crippen molar-refractivity contribution in [2.45, 2.75) is 19.6 Å². The molecule has 1 aliphatic heterocycles. The molecule has 13 heavy (non-hydrogen) atoms. The maximum Gasteiger partial charge on any atom is 0.343 e. The van der Waals surface area contributed by atoms with E-state index in [1.54, 1.807) is 0 Å². The summed E-state index contributed by atoms with van der Waals surface area (Å²) in [5.74, 6) is 0. The van der Waals surface area contributed by atoms with Gasteiger partial charge in [-0.1, -0.05) is 11.4 Å². The van der Waals surface area contributed by atoms with Gasteiger partial charge in [-0.05, 0) is 19.6 Å². The van der Waals surface area contributed by atoms with E-state index in [0.717, 1.165) is 0 Å². The first-order chi connectivity index (χ1) is 5.93. The zero-order chi connectivity index (χ0) is 10.1. The van der Waals surface area contributed by atoms with Gasteiger partial charge in [-0.15, -0.1) is 13.2 Å². The van der Waals surface area contributed by atoms with E-state index in [2.05, 4.69) is 13.2 Å². The van der Waals surface area contributed by atoms with Crippen molar-refractivity contribution in [3.8, 4) is 0 Å². The molecule has 0 aliphatic carbocycles. The van der Waals surface area contributed by atoms with Crippen LogP contribution in [0, 0.1) is 0 Å². The van der Waals surface area contributed by atoms with E-state index in [4.69, 9.17) is 12.3 Å². The topological polar surface area (TPSA) is 27.7 Å². The SMILES string of the molecule is C=C[Si]1(C)O[SiH](C)O[Si](C)(C=C)O1. The maximum atomic E-state index is 5.86. The molecule has 2 atom stereocenters. The Bertz CT molecular complexity index is 213. The van der Waals surface area contributed by atoms with Crippen molar-refractivity contribution >= 4 is 26.4 Å². The van der Waals surface area contributed by atoms with Gasteiger partial charge in [0, 0.05) is 0 Å². The highest BCUT2D eigenvalue weighted by atomic mass is 28.5. The Kier molecular flexibility index (Phi) is 3.10. The fourth-order valence-electron chi connectivity index (χ4n) is 1.31. The molecule has 0 bridgehead atoms. The smallest absolute Gasteiger partial charge is 0.343 e. The lowest BCUT2D eigenvalue weighted by molar-refractivity contribution is 0.264. The lowest BCUT2D eigenvalue weighted by Crippen LogP contribution is -2.60. The highest BCUT2D eigenvalue weighted by molar-refractivity contribution is 6.92. The third kappa shape index (κ3) is 2.48. The summed E-state index contributed by atoms with van der Waals surface area (Å²) in [6.07, 6.45) is 0. The molecule has 0 saturated carbocycles. The van der Waals surface area contributed by atoms with Crippen molar-refractivity contribution < 1.29 is 12.3 Å². The molecular formula is C7H16O3Si3. The van der Waals surface area contributed by atoms with Crippen molar-refractivity contribution in [1.29, 1.82) is 0 Å². The quantitative estimate of drug-likeness (QED) is 0.675. The van der Waals surface area contributed by atoms with Crippen molar-refractivity contribution in [3.63, 3.8) is 0 Å². The molecule has 1 fully saturated rings. The van der Waals surface area contributed by atoms with Crippen molar-refractivity contribution in [2.24, 2.45) is 0 Å². The largest absolute Gasteiger partial charge is 0.415 e. The highest BCUT2D eigenvalue weighted by Crippen LogP contribution is 2.25. The van der Waals surface area contributed by atoms with Gasteiger partial charge in [-0.2, -0.15) is 0 Å². The molecule has 0 aromatic rings. The molecule has 0 amide bonds. The minimum absolute atomic E-state index is 1.52. The lowest BCUT2D eigenvalue weighted by Gasteiger charge is -2.42. The van der Waals surface area contributed by atoms with Gasteiger partial charge in [-0.25, -0.2) is 0 Å². The summed E-state index contributed by atoms with van der Waals surface area (Å²) in [5.41, 5.74) is 3.63. The van der Waals surface area contributed by atoms with Crippen LogP contribution < -0.4 is 0 Å². The number of hydrogen-bond acceptors (Lipinski definition) is 3. The minimum Gasteiger partial charge on any atom is -0.415 e. The second-order valence-electron chi connectivity index (χ2n) is 3.35. The Labute approximate surface area is 83.4 Å². The summed E-state index contributed by atoms with van der Waals surface area (Å²) >= 11 is 0. The van der Waals surface area contributed by atoms with E-state index in [1.165, 1.54) is 0 Å². The second kappa shape index (κ2) is 3.64. The summed E-state index contributed by atoms with van der Waals surface area (Å²) in [6.45, 7) is 13.5. The van der Waals surface area contributed by atoms with Gasteiger partial charge in [0.15, 0.2) is 0 Å². The molecule has 0 radical (unpaired) electrons. The van der Waals surface area contributed by atoms with Gasteiger partial charge in [0.25, 0.3) is 0 Å². The highest BCUT2D eigenvalue weighted by Gasteiger charge is 2.46. The van der Waals surface area contributed by atoms with Crippen LogP contribution in [0.1, 0.15) is 0 Å². The van der Waals surface area contributed by atoms with Crippen molar-refractivity contribution in [3.05, 3.63) is 24.6 Å². The van der Waals surface area contributed by atoms with Gasteiger partial charge in [0.1, 0.15) is 0 Å². The molecule has 1 rings (SSSR count). The Morgan fingerprint density at radius 1 is 1.08 bits per heavy atom. The predicted molar refractivity (Wildman–Crippen MR) is 59.9 cm³/mol. The minimum atomic E-state index is -2.14. The molecule has 74 valence electrons. The zero-order valence-corrected chi connectivity index (χ0v) is 11.5. The van der Waals surface area contributed by atoms with E-state index < -0.39 is 26.4 Å². The van der Waals surface area contributed by atoms with Crippen LogP contribution in [-0.4, -0.2) is 26.4 Å². The van der Waals surface area contributed by atoms with Gasteiger partial charge >= 0.3 is 26.4 Å². The van der Waals surface area contributed by atoms with Gasteiger partial charge in [0.2, 0.25) is 0 Å². The summed E-state index contributed by atoms with van der Waals surface area (Å²) in [7, 11) is -5.80. The van der Waals surface area contributed by atoms with Crippen LogP contribution in [0.2, 0.25) is 19.6 Å². The second-order valence-corrected chi connectivity index (χ2v) is 12.1. The van der Waals surface area contributed by atoms with Crippen LogP contribution in [0.15, 0.2) is 24.6 Å². The van der Waals surface area contributed by atoms with Gasteiger partial charge < -0.3 is 12.3 Å². The fraction of sp³-hybridized carbons (Fsp3) is 0.429. The normalized spacial score (nSPS) is 45.6. The molecule has 0 aromatic carbocycles. The van der Waals surface area contributed by atoms with Crippen LogP contribution in [0.3, 0.4) is 0 Å². The van der Waals surface area contributed by atoms with Crippen molar-refractivity contribution in [1.82, 2.24) is 0 Å². The maximum absolute atomic E-state index is 5.86. The van der Waals surface area contributed by atoms with E-state index >= 15 is 0 Å². The van der Waals surface area contributed by atoms with Crippen LogP contribution >= 0.6 is 0 Å². The molecule has 0 spiro atoms. The molecular weight excluding hydrogens is 216 g/mol. The molecule has 0 aromatic heterocycles. The van der Waals surface area contributed by atoms with Crippen molar-refractivity contribution in [2.75, 3.05) is 0 Å². The van der Waals surface area contributed by atoms with Gasteiger partial charge in [0.05, 0.1) is 0 Å². The van der Waals surface area contributed by atoms with Crippen LogP contribution in [0.4, 0.5) is 0 Å². The Balaban J connectivity index is 2.85. The summed E-state index contributed by atoms with van der Waals surface area (Å²) < 4.78 is 17.3. The third-order valence-electron chi connectivity index (χ3n) is 1.95. The molecule has 3 nitrogen and oxygen atoms in total. The Morgan fingerprint density at radius 3 is 1.77 bits per heavy atom. The molecule has 0 N–H and O–H groups in total. The first-order valence-electron chi connectivity index (χ1n) is 4.26. The van der Waals surface area contributed by atoms with E-state index in [1.807, 2.05) is 31.0 Å².